The average Bonchev–Trinajstić information content (AvgIpc) is 3.33. The zero-order valence-electron chi connectivity index (χ0n) is 19.1. The number of hydrogen-bond donors (Lipinski definition) is 2. The third-order valence-corrected chi connectivity index (χ3v) is 7.57. The van der Waals surface area contributed by atoms with Gasteiger partial charge in [0.2, 0.25) is 5.89 Å². The minimum Gasteiger partial charge on any atom is -0.414 e. The molecule has 4 rings (SSSR count). The molecule has 13 heteroatoms. The van der Waals surface area contributed by atoms with Gasteiger partial charge in [-0.2, -0.15) is 13.2 Å². The van der Waals surface area contributed by atoms with E-state index in [1.54, 1.807) is 26.0 Å². The molecule has 0 bridgehead atoms. The van der Waals surface area contributed by atoms with Crippen molar-refractivity contribution in [3.8, 4) is 34.3 Å². The number of halogens is 3. The third kappa shape index (κ3) is 4.93. The molecule has 0 saturated carbocycles. The molecule has 0 aliphatic rings. The number of hydrogen-bond acceptors (Lipinski definition) is 9. The van der Waals surface area contributed by atoms with Crippen molar-refractivity contribution in [2.24, 2.45) is 5.73 Å². The van der Waals surface area contributed by atoms with Gasteiger partial charge in [0.05, 0.1) is 22.0 Å². The van der Waals surface area contributed by atoms with Crippen LogP contribution in [0.2, 0.25) is 0 Å². The van der Waals surface area contributed by atoms with Crippen molar-refractivity contribution in [1.29, 1.82) is 0 Å². The fourth-order valence-corrected chi connectivity index (χ4v) is 4.30. The molecule has 188 valence electrons. The fraction of sp³-hybridized carbons (Fsp3) is 0.217. The number of alkyl halides is 3. The van der Waals surface area contributed by atoms with E-state index in [2.05, 4.69) is 20.2 Å². The van der Waals surface area contributed by atoms with Gasteiger partial charge in [0.15, 0.2) is 21.3 Å². The van der Waals surface area contributed by atoms with Gasteiger partial charge in [-0.25, -0.2) is 18.4 Å². The van der Waals surface area contributed by atoms with Gasteiger partial charge in [-0.05, 0) is 43.7 Å². The van der Waals surface area contributed by atoms with Gasteiger partial charge >= 0.3 is 6.18 Å². The molecule has 2 aromatic carbocycles. The summed E-state index contributed by atoms with van der Waals surface area (Å²) in [5.41, 5.74) is 12.5. The maximum atomic E-state index is 12.8. The molecule has 4 N–H and O–H groups in total. The molecular weight excluding hydrogens is 497 g/mol. The Morgan fingerprint density at radius 1 is 0.917 bits per heavy atom. The van der Waals surface area contributed by atoms with E-state index in [9.17, 15) is 21.6 Å². The Morgan fingerprint density at radius 2 is 1.50 bits per heavy atom. The quantitative estimate of drug-likeness (QED) is 0.383. The fourth-order valence-electron chi connectivity index (χ4n) is 3.24. The molecule has 0 aliphatic carbocycles. The largest absolute Gasteiger partial charge is 0.414 e. The molecule has 0 spiro atoms. The highest BCUT2D eigenvalue weighted by atomic mass is 32.2. The lowest BCUT2D eigenvalue weighted by atomic mass is 10.1. The molecule has 0 amide bonds. The van der Waals surface area contributed by atoms with Gasteiger partial charge in [0, 0.05) is 11.1 Å². The SMILES string of the molecule is CC(C)S(=O)(=O)c1ccc(-c2cnc(N)c(-c3nnc(-c4ccc(C(N)C(F)(F)F)cc4)o3)n2)cc1. The van der Waals surface area contributed by atoms with E-state index in [0.717, 1.165) is 0 Å². The minimum absolute atomic E-state index is 0.0134. The smallest absolute Gasteiger partial charge is 0.407 e. The first kappa shape index (κ1) is 25.3. The number of nitrogens with two attached hydrogens (primary N) is 2. The summed E-state index contributed by atoms with van der Waals surface area (Å²) in [6, 6.07) is 9.31. The van der Waals surface area contributed by atoms with E-state index in [-0.39, 0.29) is 33.8 Å². The van der Waals surface area contributed by atoms with E-state index in [0.29, 0.717) is 16.8 Å². The number of rotatable bonds is 6. The number of nitrogen functional groups attached to an aromatic ring is 1. The van der Waals surface area contributed by atoms with Crippen LogP contribution in [0.4, 0.5) is 19.0 Å². The zero-order chi connectivity index (χ0) is 26.3. The van der Waals surface area contributed by atoms with Crippen molar-refractivity contribution < 1.29 is 26.0 Å². The maximum Gasteiger partial charge on any atom is 0.407 e. The normalized spacial score (nSPS) is 13.2. The van der Waals surface area contributed by atoms with Crippen LogP contribution >= 0.6 is 0 Å². The summed E-state index contributed by atoms with van der Waals surface area (Å²) in [5.74, 6) is -0.00152. The van der Waals surface area contributed by atoms with Crippen LogP contribution in [0.3, 0.4) is 0 Å². The maximum absolute atomic E-state index is 12.8. The second kappa shape index (κ2) is 9.32. The van der Waals surface area contributed by atoms with Crippen LogP contribution < -0.4 is 11.5 Å². The molecule has 0 aliphatic heterocycles. The Labute approximate surface area is 204 Å². The van der Waals surface area contributed by atoms with Crippen molar-refractivity contribution >= 4 is 15.7 Å². The van der Waals surface area contributed by atoms with E-state index in [1.165, 1.54) is 42.6 Å². The molecule has 4 aromatic rings. The molecule has 36 heavy (non-hydrogen) atoms. The van der Waals surface area contributed by atoms with Crippen molar-refractivity contribution in [2.45, 2.75) is 36.2 Å². The van der Waals surface area contributed by atoms with E-state index in [4.69, 9.17) is 15.9 Å². The number of anilines is 1. The molecule has 1 unspecified atom stereocenters. The van der Waals surface area contributed by atoms with Crippen LogP contribution in [-0.4, -0.2) is 40.0 Å². The van der Waals surface area contributed by atoms with E-state index < -0.39 is 27.3 Å². The van der Waals surface area contributed by atoms with Crippen LogP contribution in [0, 0.1) is 0 Å². The number of nitrogens with zero attached hydrogens (tertiary/aromatic N) is 4. The van der Waals surface area contributed by atoms with E-state index >= 15 is 0 Å². The Morgan fingerprint density at radius 3 is 2.08 bits per heavy atom. The lowest BCUT2D eigenvalue weighted by Gasteiger charge is -2.15. The number of benzene rings is 2. The molecule has 1 atom stereocenters. The van der Waals surface area contributed by atoms with Crippen LogP contribution in [0.5, 0.6) is 0 Å². The average molecular weight is 519 g/mol. The van der Waals surface area contributed by atoms with Gasteiger partial charge in [0.1, 0.15) is 6.04 Å². The van der Waals surface area contributed by atoms with Crippen molar-refractivity contribution in [3.05, 3.63) is 60.3 Å². The lowest BCUT2D eigenvalue weighted by Crippen LogP contribution is -2.28. The number of sulfone groups is 1. The lowest BCUT2D eigenvalue weighted by molar-refractivity contribution is -0.149. The van der Waals surface area contributed by atoms with Crippen LogP contribution in [-0.2, 0) is 9.84 Å². The molecule has 2 aromatic heterocycles. The second-order valence-electron chi connectivity index (χ2n) is 8.16. The van der Waals surface area contributed by atoms with Gasteiger partial charge < -0.3 is 15.9 Å². The molecule has 0 saturated heterocycles. The van der Waals surface area contributed by atoms with Crippen LogP contribution in [0.1, 0.15) is 25.5 Å². The Balaban J connectivity index is 1.61. The summed E-state index contributed by atoms with van der Waals surface area (Å²) in [6.45, 7) is 3.21. The number of aromatic nitrogens is 4. The summed E-state index contributed by atoms with van der Waals surface area (Å²) < 4.78 is 68.8. The third-order valence-electron chi connectivity index (χ3n) is 5.40. The van der Waals surface area contributed by atoms with Crippen molar-refractivity contribution in [3.63, 3.8) is 0 Å². The molecule has 0 fully saturated rings. The molecule has 2 heterocycles. The predicted molar refractivity (Wildman–Crippen MR) is 126 cm³/mol. The van der Waals surface area contributed by atoms with Crippen molar-refractivity contribution in [1.82, 2.24) is 20.2 Å². The monoisotopic (exact) mass is 518 g/mol. The van der Waals surface area contributed by atoms with Gasteiger partial charge in [0.25, 0.3) is 5.89 Å². The minimum atomic E-state index is -4.57. The van der Waals surface area contributed by atoms with Crippen LogP contribution in [0.15, 0.2) is 64.0 Å². The highest BCUT2D eigenvalue weighted by Crippen LogP contribution is 2.32. The Bertz CT molecular complexity index is 1490. The van der Waals surface area contributed by atoms with Gasteiger partial charge in [-0.1, -0.05) is 24.3 Å². The Hall–Kier alpha value is -3.84. The first-order valence-electron chi connectivity index (χ1n) is 10.6. The van der Waals surface area contributed by atoms with E-state index in [1.807, 2.05) is 0 Å². The summed E-state index contributed by atoms with van der Waals surface area (Å²) in [4.78, 5) is 8.74. The topological polar surface area (TPSA) is 151 Å². The molecule has 9 nitrogen and oxygen atoms in total. The van der Waals surface area contributed by atoms with Gasteiger partial charge in [-0.15, -0.1) is 10.2 Å². The molecular formula is C23H21F3N6O3S. The first-order chi connectivity index (χ1) is 16.9. The summed E-state index contributed by atoms with van der Waals surface area (Å²) in [5, 5.41) is 7.30. The van der Waals surface area contributed by atoms with Gasteiger partial charge in [-0.3, -0.25) is 0 Å². The summed E-state index contributed by atoms with van der Waals surface area (Å²) >= 11 is 0. The highest BCUT2D eigenvalue weighted by Gasteiger charge is 2.37. The predicted octanol–water partition coefficient (Wildman–Crippen LogP) is 4.19. The Kier molecular flexibility index (Phi) is 6.54. The molecule has 0 radical (unpaired) electrons. The first-order valence-corrected chi connectivity index (χ1v) is 12.2. The summed E-state index contributed by atoms with van der Waals surface area (Å²) in [6.07, 6.45) is -3.14. The standard InChI is InChI=1S/C23H21F3N6O3S/c1-12(2)36(33,34)16-9-7-13(8-10-16)17-11-29-20(28)18(30-17)22-32-31-21(35-22)15-5-3-14(4-6-15)19(27)23(24,25)26/h3-12,19H,27H2,1-2H3,(H2,28,29). The van der Waals surface area contributed by atoms with Crippen molar-refractivity contribution in [2.75, 3.05) is 5.73 Å². The highest BCUT2D eigenvalue weighted by molar-refractivity contribution is 7.92. The summed E-state index contributed by atoms with van der Waals surface area (Å²) in [7, 11) is -3.42. The second-order valence-corrected chi connectivity index (χ2v) is 10.7. The zero-order valence-corrected chi connectivity index (χ0v) is 19.9. The van der Waals surface area contributed by atoms with Crippen LogP contribution in [0.25, 0.3) is 34.3 Å².